The third kappa shape index (κ3) is 5.01. The molecule has 1 amide bonds. The molecule has 4 aromatic rings. The number of carbonyl (C=O) groups is 1. The molecule has 34 heavy (non-hydrogen) atoms. The molecule has 4 rings (SSSR count). The second kappa shape index (κ2) is 8.89. The van der Waals surface area contributed by atoms with Crippen molar-refractivity contribution in [3.8, 4) is 22.6 Å². The Labute approximate surface area is 189 Å². The van der Waals surface area contributed by atoms with Gasteiger partial charge in [-0.1, -0.05) is 30.3 Å². The number of H-pyrrole nitrogens is 1. The Hall–Kier alpha value is -4.34. The quantitative estimate of drug-likeness (QED) is 0.362. The Morgan fingerprint density at radius 2 is 1.74 bits per heavy atom. The number of nitrogens with one attached hydrogen (secondary N) is 2. The predicted molar refractivity (Wildman–Crippen MR) is 116 cm³/mol. The minimum Gasteiger partial charge on any atom is -0.502 e. The van der Waals surface area contributed by atoms with E-state index in [1.165, 1.54) is 12.1 Å². The summed E-state index contributed by atoms with van der Waals surface area (Å²) in [4.78, 5) is 27.2. The van der Waals surface area contributed by atoms with Crippen LogP contribution in [0.5, 0.6) is 11.5 Å². The SMILES string of the molecule is O=C(NCc1cccc(-c2ccc(F)cc2)c1)c1c(O)c(=O)[nH]c2ccc(OC(F)(F)F)cc12. The van der Waals surface area contributed by atoms with Gasteiger partial charge in [-0.15, -0.1) is 13.2 Å². The number of rotatable bonds is 5. The number of amides is 1. The monoisotopic (exact) mass is 472 g/mol. The lowest BCUT2D eigenvalue weighted by molar-refractivity contribution is -0.274. The number of benzene rings is 3. The number of hydrogen-bond donors (Lipinski definition) is 3. The zero-order valence-electron chi connectivity index (χ0n) is 17.2. The summed E-state index contributed by atoms with van der Waals surface area (Å²) in [6, 6.07) is 15.9. The number of aromatic amines is 1. The Morgan fingerprint density at radius 3 is 2.44 bits per heavy atom. The molecule has 3 N–H and O–H groups in total. The minimum absolute atomic E-state index is 0.0135. The smallest absolute Gasteiger partial charge is 0.502 e. The van der Waals surface area contributed by atoms with Crippen LogP contribution >= 0.6 is 0 Å². The number of halogens is 4. The second-order valence-corrected chi connectivity index (χ2v) is 7.32. The molecule has 0 aliphatic heterocycles. The van der Waals surface area contributed by atoms with Gasteiger partial charge in [0.15, 0.2) is 5.75 Å². The van der Waals surface area contributed by atoms with E-state index in [0.717, 1.165) is 29.3 Å². The molecule has 174 valence electrons. The van der Waals surface area contributed by atoms with E-state index in [2.05, 4.69) is 15.0 Å². The van der Waals surface area contributed by atoms with Gasteiger partial charge in [0.05, 0.1) is 5.56 Å². The van der Waals surface area contributed by atoms with Crippen molar-refractivity contribution in [3.05, 3.63) is 94.0 Å². The maximum absolute atomic E-state index is 13.2. The van der Waals surface area contributed by atoms with Crippen molar-refractivity contribution < 1.29 is 32.2 Å². The Bertz CT molecular complexity index is 1430. The lowest BCUT2D eigenvalue weighted by Crippen LogP contribution is -2.25. The molecule has 0 bridgehead atoms. The zero-order chi connectivity index (χ0) is 24.5. The van der Waals surface area contributed by atoms with Crippen molar-refractivity contribution in [1.29, 1.82) is 0 Å². The van der Waals surface area contributed by atoms with Gasteiger partial charge in [0.1, 0.15) is 11.6 Å². The van der Waals surface area contributed by atoms with Gasteiger partial charge >= 0.3 is 6.36 Å². The van der Waals surface area contributed by atoms with Crippen LogP contribution in [0.2, 0.25) is 0 Å². The summed E-state index contributed by atoms with van der Waals surface area (Å²) in [5.41, 5.74) is 0.766. The number of pyridine rings is 1. The van der Waals surface area contributed by atoms with Crippen molar-refractivity contribution in [2.45, 2.75) is 12.9 Å². The average Bonchev–Trinajstić information content (AvgIpc) is 2.78. The Balaban J connectivity index is 1.62. The van der Waals surface area contributed by atoms with Gasteiger partial charge < -0.3 is 20.1 Å². The van der Waals surface area contributed by atoms with Crippen molar-refractivity contribution >= 4 is 16.8 Å². The van der Waals surface area contributed by atoms with Gasteiger partial charge in [-0.25, -0.2) is 4.39 Å². The van der Waals surface area contributed by atoms with Gasteiger partial charge in [-0.2, -0.15) is 0 Å². The lowest BCUT2D eigenvalue weighted by atomic mass is 10.0. The molecule has 0 fully saturated rings. The van der Waals surface area contributed by atoms with Gasteiger partial charge in [0.25, 0.3) is 11.5 Å². The first-order chi connectivity index (χ1) is 16.1. The summed E-state index contributed by atoms with van der Waals surface area (Å²) in [5, 5.41) is 12.6. The van der Waals surface area contributed by atoms with Crippen LogP contribution in [0.4, 0.5) is 17.6 Å². The minimum atomic E-state index is -4.96. The van der Waals surface area contributed by atoms with E-state index >= 15 is 0 Å². The first-order valence-electron chi connectivity index (χ1n) is 9.88. The molecule has 0 unspecified atom stereocenters. The van der Waals surface area contributed by atoms with E-state index in [-0.39, 0.29) is 23.3 Å². The van der Waals surface area contributed by atoms with Crippen LogP contribution in [0.25, 0.3) is 22.0 Å². The Kier molecular flexibility index (Phi) is 5.97. The first-order valence-corrected chi connectivity index (χ1v) is 9.88. The van der Waals surface area contributed by atoms with Gasteiger partial charge in [-0.3, -0.25) is 9.59 Å². The van der Waals surface area contributed by atoms with E-state index in [9.17, 15) is 32.3 Å². The fourth-order valence-electron chi connectivity index (χ4n) is 3.46. The number of carbonyl (C=O) groups excluding carboxylic acids is 1. The summed E-state index contributed by atoms with van der Waals surface area (Å²) in [6.07, 6.45) is -4.96. The number of ether oxygens (including phenoxy) is 1. The van der Waals surface area contributed by atoms with E-state index in [1.54, 1.807) is 36.4 Å². The summed E-state index contributed by atoms with van der Waals surface area (Å²) in [6.45, 7) is -0.0135. The van der Waals surface area contributed by atoms with Crippen LogP contribution in [-0.2, 0) is 6.54 Å². The highest BCUT2D eigenvalue weighted by Gasteiger charge is 2.31. The highest BCUT2D eigenvalue weighted by molar-refractivity contribution is 6.08. The third-order valence-corrected chi connectivity index (χ3v) is 4.98. The molecular weight excluding hydrogens is 456 g/mol. The van der Waals surface area contributed by atoms with Crippen molar-refractivity contribution in [1.82, 2.24) is 10.3 Å². The summed E-state index contributed by atoms with van der Waals surface area (Å²) < 4.78 is 54.9. The average molecular weight is 472 g/mol. The highest BCUT2D eigenvalue weighted by Crippen LogP contribution is 2.29. The predicted octanol–water partition coefficient (Wildman–Crippen LogP) is 4.87. The van der Waals surface area contributed by atoms with Crippen molar-refractivity contribution in [3.63, 3.8) is 0 Å². The van der Waals surface area contributed by atoms with Gasteiger partial charge in [0.2, 0.25) is 0 Å². The summed E-state index contributed by atoms with van der Waals surface area (Å²) >= 11 is 0. The highest BCUT2D eigenvalue weighted by atomic mass is 19.4. The molecule has 6 nitrogen and oxygen atoms in total. The number of aromatic hydroxyl groups is 1. The largest absolute Gasteiger partial charge is 0.573 e. The second-order valence-electron chi connectivity index (χ2n) is 7.32. The Morgan fingerprint density at radius 1 is 1.00 bits per heavy atom. The van der Waals surface area contributed by atoms with Gasteiger partial charge in [-0.05, 0) is 53.1 Å². The molecule has 10 heteroatoms. The van der Waals surface area contributed by atoms with E-state index in [0.29, 0.717) is 5.56 Å². The van der Waals surface area contributed by atoms with Crippen LogP contribution in [0, 0.1) is 5.82 Å². The molecule has 0 aliphatic carbocycles. The fraction of sp³-hybridized carbons (Fsp3) is 0.0833. The molecule has 1 heterocycles. The van der Waals surface area contributed by atoms with Crippen LogP contribution in [0.15, 0.2) is 71.5 Å². The molecule has 1 aromatic heterocycles. The van der Waals surface area contributed by atoms with E-state index < -0.39 is 34.9 Å². The fourth-order valence-corrected chi connectivity index (χ4v) is 3.46. The van der Waals surface area contributed by atoms with Crippen molar-refractivity contribution in [2.75, 3.05) is 0 Å². The maximum atomic E-state index is 13.2. The van der Waals surface area contributed by atoms with Gasteiger partial charge in [0, 0.05) is 17.4 Å². The number of aromatic nitrogens is 1. The molecule has 0 spiro atoms. The maximum Gasteiger partial charge on any atom is 0.573 e. The zero-order valence-corrected chi connectivity index (χ0v) is 17.2. The number of hydrogen-bond acceptors (Lipinski definition) is 4. The summed E-state index contributed by atoms with van der Waals surface area (Å²) in [7, 11) is 0. The van der Waals surface area contributed by atoms with Crippen molar-refractivity contribution in [2.24, 2.45) is 0 Å². The first kappa shape index (κ1) is 22.8. The molecule has 3 aromatic carbocycles. The van der Waals surface area contributed by atoms with E-state index in [1.807, 2.05) is 0 Å². The number of alkyl halides is 3. The molecule has 0 saturated heterocycles. The van der Waals surface area contributed by atoms with Crippen LogP contribution < -0.4 is 15.6 Å². The standard InChI is InChI=1S/C24H16F4N2O4/c25-16-6-4-14(5-7-16)15-3-1-2-13(10-15)12-29-22(32)20-18-11-17(34-24(26,27)28)8-9-19(18)30-23(33)21(20)31/h1-11,31H,12H2,(H,29,32)(H,30,33). The van der Waals surface area contributed by atoms with Crippen LogP contribution in [-0.4, -0.2) is 22.4 Å². The van der Waals surface area contributed by atoms with E-state index in [4.69, 9.17) is 0 Å². The molecule has 0 saturated carbocycles. The normalized spacial score (nSPS) is 11.4. The number of fused-ring (bicyclic) bond motifs is 1. The molecular formula is C24H16F4N2O4. The lowest BCUT2D eigenvalue weighted by Gasteiger charge is -2.13. The molecule has 0 aliphatic rings. The molecule has 0 radical (unpaired) electrons. The topological polar surface area (TPSA) is 91.4 Å². The molecule has 0 atom stereocenters. The van der Waals surface area contributed by atoms with Crippen LogP contribution in [0.3, 0.4) is 0 Å². The third-order valence-electron chi connectivity index (χ3n) is 4.98. The summed E-state index contributed by atoms with van der Waals surface area (Å²) in [5.74, 6) is -2.80. The van der Waals surface area contributed by atoms with Crippen LogP contribution in [0.1, 0.15) is 15.9 Å².